The number of hydrogen-bond donors (Lipinski definition) is 1. The number of nitrogens with zero attached hydrogens (tertiary/aromatic N) is 1. The molecule has 4 aromatic rings. The van der Waals surface area contributed by atoms with E-state index in [2.05, 4.69) is 12.1 Å². The van der Waals surface area contributed by atoms with Crippen molar-refractivity contribution in [3.63, 3.8) is 0 Å². The van der Waals surface area contributed by atoms with Crippen molar-refractivity contribution in [3.05, 3.63) is 96.4 Å². The highest BCUT2D eigenvalue weighted by molar-refractivity contribution is 5.76. The number of methoxy groups -OCH3 is 1. The number of oxazole rings is 1. The molecule has 34 heavy (non-hydrogen) atoms. The fourth-order valence-corrected chi connectivity index (χ4v) is 5.12. The van der Waals surface area contributed by atoms with Gasteiger partial charge in [-0.15, -0.1) is 0 Å². The van der Waals surface area contributed by atoms with E-state index < -0.39 is 5.60 Å². The van der Waals surface area contributed by atoms with Gasteiger partial charge in [-0.1, -0.05) is 92.1 Å². The third-order valence-electron chi connectivity index (χ3n) is 6.98. The van der Waals surface area contributed by atoms with Crippen molar-refractivity contribution >= 4 is 0 Å². The summed E-state index contributed by atoms with van der Waals surface area (Å²) in [5.41, 5.74) is 2.75. The number of benzene rings is 3. The molecule has 5 rings (SSSR count). The second kappa shape index (κ2) is 9.86. The first-order valence-corrected chi connectivity index (χ1v) is 12.1. The van der Waals surface area contributed by atoms with Crippen LogP contribution in [-0.2, 0) is 12.0 Å². The zero-order chi connectivity index (χ0) is 23.4. The van der Waals surface area contributed by atoms with Crippen molar-refractivity contribution < 1.29 is 14.3 Å². The molecule has 1 saturated carbocycles. The van der Waals surface area contributed by atoms with Gasteiger partial charge in [-0.25, -0.2) is 4.98 Å². The lowest BCUT2D eigenvalue weighted by Crippen LogP contribution is -2.36. The van der Waals surface area contributed by atoms with Crippen LogP contribution in [0.25, 0.3) is 22.6 Å². The minimum absolute atomic E-state index is 0.00741. The normalized spacial score (nSPS) is 20.6. The van der Waals surface area contributed by atoms with E-state index in [1.807, 2.05) is 72.8 Å². The van der Waals surface area contributed by atoms with E-state index in [1.165, 1.54) is 0 Å². The Hall–Kier alpha value is -3.37. The molecule has 1 aliphatic carbocycles. The monoisotopic (exact) mass is 453 g/mol. The summed E-state index contributed by atoms with van der Waals surface area (Å²) in [7, 11) is 1.68. The van der Waals surface area contributed by atoms with Gasteiger partial charge in [0.25, 0.3) is 0 Å². The van der Waals surface area contributed by atoms with Crippen LogP contribution in [-0.4, -0.2) is 17.2 Å². The first kappa shape index (κ1) is 22.4. The summed E-state index contributed by atoms with van der Waals surface area (Å²) < 4.78 is 11.9. The molecule has 1 aromatic heterocycles. The molecule has 4 nitrogen and oxygen atoms in total. The van der Waals surface area contributed by atoms with Crippen molar-refractivity contribution in [3.8, 4) is 28.3 Å². The van der Waals surface area contributed by atoms with Gasteiger partial charge in [0.1, 0.15) is 17.0 Å². The lowest BCUT2D eigenvalue weighted by molar-refractivity contribution is -0.0525. The second-order valence-electron chi connectivity index (χ2n) is 9.20. The Bertz CT molecular complexity index is 1160. The Kier molecular flexibility index (Phi) is 6.50. The van der Waals surface area contributed by atoms with Crippen molar-refractivity contribution in [2.24, 2.45) is 5.92 Å². The topological polar surface area (TPSA) is 55.5 Å². The standard InChI is InChI=1S/C30H31NO3/c1-33-26-18-11-12-22(21-26)20-25-17-9-4-10-19-30(25,32)29-31-27(23-13-5-2-6-14-23)28(34-29)24-15-7-3-8-16-24/h2-3,5-8,11-16,18,21,25,32H,4,9-10,17,19-20H2,1H3. The van der Waals surface area contributed by atoms with Gasteiger partial charge < -0.3 is 14.3 Å². The van der Waals surface area contributed by atoms with Crippen molar-refractivity contribution in [1.82, 2.24) is 4.98 Å². The lowest BCUT2D eigenvalue weighted by atomic mass is 9.79. The molecule has 2 unspecified atom stereocenters. The smallest absolute Gasteiger partial charge is 0.227 e. The first-order chi connectivity index (χ1) is 16.7. The van der Waals surface area contributed by atoms with E-state index in [0.717, 1.165) is 60.2 Å². The number of rotatable bonds is 6. The van der Waals surface area contributed by atoms with E-state index in [4.69, 9.17) is 14.1 Å². The molecule has 0 radical (unpaired) electrons. The number of aliphatic hydroxyl groups is 1. The predicted octanol–water partition coefficient (Wildman–Crippen LogP) is 7.03. The fraction of sp³-hybridized carbons (Fsp3) is 0.300. The maximum atomic E-state index is 12.2. The van der Waals surface area contributed by atoms with E-state index in [9.17, 15) is 5.11 Å². The highest BCUT2D eigenvalue weighted by Crippen LogP contribution is 2.45. The highest BCUT2D eigenvalue weighted by Gasteiger charge is 2.44. The Morgan fingerprint density at radius 2 is 1.65 bits per heavy atom. The summed E-state index contributed by atoms with van der Waals surface area (Å²) >= 11 is 0. The Balaban J connectivity index is 1.58. The summed E-state index contributed by atoms with van der Waals surface area (Å²) in [6, 6.07) is 28.3. The molecule has 1 fully saturated rings. The van der Waals surface area contributed by atoms with Crippen LogP contribution in [0.15, 0.2) is 89.3 Å². The number of aromatic nitrogens is 1. The molecule has 174 valence electrons. The largest absolute Gasteiger partial charge is 0.497 e. The maximum Gasteiger partial charge on any atom is 0.227 e. The molecule has 0 aliphatic heterocycles. The minimum atomic E-state index is -1.13. The highest BCUT2D eigenvalue weighted by atomic mass is 16.5. The molecule has 1 aliphatic rings. The molecule has 3 aromatic carbocycles. The summed E-state index contributed by atoms with van der Waals surface area (Å²) in [5, 5.41) is 12.2. The molecule has 0 saturated heterocycles. The van der Waals surface area contributed by atoms with Crippen LogP contribution in [0, 0.1) is 5.92 Å². The van der Waals surface area contributed by atoms with Gasteiger partial charge in [0.15, 0.2) is 5.76 Å². The molecule has 1 heterocycles. The summed E-state index contributed by atoms with van der Waals surface area (Å²) in [6.45, 7) is 0. The summed E-state index contributed by atoms with van der Waals surface area (Å²) in [6.07, 6.45) is 5.47. The van der Waals surface area contributed by atoms with Crippen LogP contribution in [0.3, 0.4) is 0 Å². The first-order valence-electron chi connectivity index (χ1n) is 12.1. The average molecular weight is 454 g/mol. The molecule has 0 amide bonds. The summed E-state index contributed by atoms with van der Waals surface area (Å²) in [4.78, 5) is 4.98. The maximum absolute atomic E-state index is 12.2. The molecule has 4 heteroatoms. The number of hydrogen-bond acceptors (Lipinski definition) is 4. The van der Waals surface area contributed by atoms with Gasteiger partial charge in [0.2, 0.25) is 5.89 Å². The predicted molar refractivity (Wildman–Crippen MR) is 135 cm³/mol. The van der Waals surface area contributed by atoms with E-state index >= 15 is 0 Å². The fourth-order valence-electron chi connectivity index (χ4n) is 5.12. The SMILES string of the molecule is COc1cccc(CC2CCCCCC2(O)c2nc(-c3ccccc3)c(-c3ccccc3)o2)c1. The van der Waals surface area contributed by atoms with E-state index in [0.29, 0.717) is 18.1 Å². The van der Waals surface area contributed by atoms with E-state index in [-0.39, 0.29) is 5.92 Å². The average Bonchev–Trinajstić information content (AvgIpc) is 3.27. The molecule has 0 spiro atoms. The van der Waals surface area contributed by atoms with Crippen LogP contribution < -0.4 is 4.74 Å². The van der Waals surface area contributed by atoms with Crippen molar-refractivity contribution in [1.29, 1.82) is 0 Å². The van der Waals surface area contributed by atoms with Crippen LogP contribution in [0.2, 0.25) is 0 Å². The number of ether oxygens (including phenoxy) is 1. The van der Waals surface area contributed by atoms with E-state index in [1.54, 1.807) is 7.11 Å². The Morgan fingerprint density at radius 1 is 0.912 bits per heavy atom. The Morgan fingerprint density at radius 3 is 2.38 bits per heavy atom. The lowest BCUT2D eigenvalue weighted by Gasteiger charge is -2.32. The van der Waals surface area contributed by atoms with Crippen LogP contribution in [0.5, 0.6) is 5.75 Å². The zero-order valence-corrected chi connectivity index (χ0v) is 19.6. The van der Waals surface area contributed by atoms with Gasteiger partial charge in [0, 0.05) is 17.0 Å². The second-order valence-corrected chi connectivity index (χ2v) is 9.20. The molecular formula is C30H31NO3. The molecule has 1 N–H and O–H groups in total. The third kappa shape index (κ3) is 4.51. The van der Waals surface area contributed by atoms with Gasteiger partial charge >= 0.3 is 0 Å². The van der Waals surface area contributed by atoms with Gasteiger partial charge in [0.05, 0.1) is 7.11 Å². The molecule has 2 atom stereocenters. The minimum Gasteiger partial charge on any atom is -0.497 e. The summed E-state index contributed by atoms with van der Waals surface area (Å²) in [5.74, 6) is 1.98. The quantitative estimate of drug-likeness (QED) is 0.319. The van der Waals surface area contributed by atoms with Crippen molar-refractivity contribution in [2.45, 2.75) is 44.1 Å². The zero-order valence-electron chi connectivity index (χ0n) is 19.6. The third-order valence-corrected chi connectivity index (χ3v) is 6.98. The van der Waals surface area contributed by atoms with Crippen LogP contribution in [0.1, 0.15) is 43.6 Å². The van der Waals surface area contributed by atoms with Crippen molar-refractivity contribution in [2.75, 3.05) is 7.11 Å². The molecule has 0 bridgehead atoms. The van der Waals surface area contributed by atoms with Crippen LogP contribution in [0.4, 0.5) is 0 Å². The van der Waals surface area contributed by atoms with Gasteiger partial charge in [-0.3, -0.25) is 0 Å². The van der Waals surface area contributed by atoms with Gasteiger partial charge in [-0.2, -0.15) is 0 Å². The Labute approximate surface area is 201 Å². The van der Waals surface area contributed by atoms with Gasteiger partial charge in [-0.05, 0) is 37.0 Å². The van der Waals surface area contributed by atoms with Crippen LogP contribution >= 0.6 is 0 Å². The molecular weight excluding hydrogens is 422 g/mol.